The first-order valence-electron chi connectivity index (χ1n) is 7.95. The number of hydrogen-bond acceptors (Lipinski definition) is 5. The summed E-state index contributed by atoms with van der Waals surface area (Å²) in [4.78, 5) is 22.6. The van der Waals surface area contributed by atoms with Gasteiger partial charge >= 0.3 is 0 Å². The Labute approximate surface area is 156 Å². The van der Waals surface area contributed by atoms with Gasteiger partial charge in [0.1, 0.15) is 0 Å². The molecular formula is C19H18ClN5O. The van der Waals surface area contributed by atoms with Crippen LogP contribution in [0.15, 0.2) is 60.9 Å². The van der Waals surface area contributed by atoms with Crippen LogP contribution >= 0.6 is 11.6 Å². The average Bonchev–Trinajstić information content (AvgIpc) is 2.64. The molecule has 0 unspecified atom stereocenters. The molecule has 2 N–H and O–H groups in total. The molecule has 0 aliphatic rings. The van der Waals surface area contributed by atoms with E-state index >= 15 is 0 Å². The predicted octanol–water partition coefficient (Wildman–Crippen LogP) is 4.19. The number of anilines is 4. The van der Waals surface area contributed by atoms with Crippen molar-refractivity contribution in [2.45, 2.75) is 0 Å². The van der Waals surface area contributed by atoms with Gasteiger partial charge in [0.2, 0.25) is 5.95 Å². The summed E-state index contributed by atoms with van der Waals surface area (Å²) in [6.45, 7) is 0. The molecule has 0 aliphatic heterocycles. The molecule has 7 heteroatoms. The van der Waals surface area contributed by atoms with Gasteiger partial charge < -0.3 is 15.5 Å². The number of rotatable bonds is 5. The summed E-state index contributed by atoms with van der Waals surface area (Å²) in [7, 11) is 3.92. The highest BCUT2D eigenvalue weighted by molar-refractivity contribution is 6.33. The lowest BCUT2D eigenvalue weighted by molar-refractivity contribution is 0.102. The third-order valence-electron chi connectivity index (χ3n) is 3.68. The second-order valence-corrected chi connectivity index (χ2v) is 6.20. The lowest BCUT2D eigenvalue weighted by atomic mass is 10.2. The minimum atomic E-state index is -0.271. The number of amides is 1. The van der Waals surface area contributed by atoms with Crippen molar-refractivity contribution < 1.29 is 4.79 Å². The van der Waals surface area contributed by atoms with Gasteiger partial charge in [0.25, 0.3) is 5.91 Å². The van der Waals surface area contributed by atoms with Crippen molar-refractivity contribution in [2.24, 2.45) is 0 Å². The molecule has 1 aromatic heterocycles. The van der Waals surface area contributed by atoms with Crippen LogP contribution in [-0.2, 0) is 0 Å². The number of aromatic nitrogens is 2. The molecular weight excluding hydrogens is 350 g/mol. The van der Waals surface area contributed by atoms with E-state index in [2.05, 4.69) is 20.6 Å². The molecule has 0 bridgehead atoms. The Morgan fingerprint density at radius 1 is 1.00 bits per heavy atom. The molecule has 1 amide bonds. The van der Waals surface area contributed by atoms with Crippen molar-refractivity contribution in [3.8, 4) is 0 Å². The van der Waals surface area contributed by atoms with Gasteiger partial charge in [-0.15, -0.1) is 0 Å². The Kier molecular flexibility index (Phi) is 5.34. The number of benzene rings is 2. The smallest absolute Gasteiger partial charge is 0.258 e. The van der Waals surface area contributed by atoms with E-state index in [1.165, 1.54) is 12.4 Å². The van der Waals surface area contributed by atoms with Crippen LogP contribution in [0.25, 0.3) is 0 Å². The highest BCUT2D eigenvalue weighted by Gasteiger charge is 2.09. The minimum Gasteiger partial charge on any atom is -0.378 e. The molecule has 3 aromatic rings. The highest BCUT2D eigenvalue weighted by Crippen LogP contribution is 2.23. The molecule has 2 aromatic carbocycles. The Morgan fingerprint density at radius 3 is 2.27 bits per heavy atom. The molecule has 0 fully saturated rings. The van der Waals surface area contributed by atoms with Crippen LogP contribution in [0.1, 0.15) is 10.4 Å². The van der Waals surface area contributed by atoms with Gasteiger partial charge in [-0.05, 0) is 36.4 Å². The monoisotopic (exact) mass is 367 g/mol. The fourth-order valence-corrected chi connectivity index (χ4v) is 2.42. The molecule has 0 spiro atoms. The van der Waals surface area contributed by atoms with E-state index in [-0.39, 0.29) is 5.91 Å². The topological polar surface area (TPSA) is 70.2 Å². The lowest BCUT2D eigenvalue weighted by Crippen LogP contribution is -2.13. The van der Waals surface area contributed by atoms with Crippen LogP contribution in [0.5, 0.6) is 0 Å². The molecule has 0 atom stereocenters. The van der Waals surface area contributed by atoms with E-state index in [4.69, 9.17) is 11.6 Å². The first-order chi connectivity index (χ1) is 12.5. The van der Waals surface area contributed by atoms with Gasteiger partial charge in [-0.2, -0.15) is 0 Å². The molecule has 0 aliphatic carbocycles. The summed E-state index contributed by atoms with van der Waals surface area (Å²) in [5.74, 6) is 0.0943. The van der Waals surface area contributed by atoms with Crippen LogP contribution in [0, 0.1) is 0 Å². The van der Waals surface area contributed by atoms with Crippen LogP contribution in [0.3, 0.4) is 0 Å². The van der Waals surface area contributed by atoms with Crippen molar-refractivity contribution in [1.29, 1.82) is 0 Å². The fourth-order valence-electron chi connectivity index (χ4n) is 2.24. The maximum Gasteiger partial charge on any atom is 0.258 e. The zero-order valence-electron chi connectivity index (χ0n) is 14.4. The molecule has 0 saturated heterocycles. The normalized spacial score (nSPS) is 10.3. The molecule has 1 heterocycles. The van der Waals surface area contributed by atoms with Crippen LogP contribution in [0.4, 0.5) is 23.0 Å². The second kappa shape index (κ2) is 7.84. The van der Waals surface area contributed by atoms with Gasteiger partial charge in [0, 0.05) is 37.9 Å². The van der Waals surface area contributed by atoms with Gasteiger partial charge in [0.05, 0.1) is 16.3 Å². The number of para-hydroxylation sites is 1. The van der Waals surface area contributed by atoms with Gasteiger partial charge in [-0.25, -0.2) is 9.97 Å². The first kappa shape index (κ1) is 17.7. The highest BCUT2D eigenvalue weighted by atomic mass is 35.5. The van der Waals surface area contributed by atoms with E-state index in [1.807, 2.05) is 61.5 Å². The molecule has 0 radical (unpaired) electrons. The average molecular weight is 368 g/mol. The maximum atomic E-state index is 12.3. The number of carbonyl (C=O) groups excluding carboxylic acids is 1. The largest absolute Gasteiger partial charge is 0.378 e. The SMILES string of the molecule is CN(C)c1ccc(NC(=O)c2cnc(Nc3ccccc3Cl)nc2)cc1. The van der Waals surface area contributed by atoms with E-state index in [0.717, 1.165) is 5.69 Å². The molecule has 6 nitrogen and oxygen atoms in total. The van der Waals surface area contributed by atoms with Gasteiger partial charge in [0.15, 0.2) is 0 Å². The standard InChI is InChI=1S/C19H18ClN5O/c1-25(2)15-9-7-14(8-10-15)23-18(26)13-11-21-19(22-12-13)24-17-6-4-3-5-16(17)20/h3-12H,1-2H3,(H,23,26)(H,21,22,24). The Morgan fingerprint density at radius 2 is 1.65 bits per heavy atom. The summed E-state index contributed by atoms with van der Waals surface area (Å²) < 4.78 is 0. The molecule has 0 saturated carbocycles. The maximum absolute atomic E-state index is 12.3. The quantitative estimate of drug-likeness (QED) is 0.707. The van der Waals surface area contributed by atoms with E-state index < -0.39 is 0 Å². The van der Waals surface area contributed by atoms with Crippen LogP contribution in [-0.4, -0.2) is 30.0 Å². The Balaban J connectivity index is 1.66. The summed E-state index contributed by atoms with van der Waals surface area (Å²) in [6, 6.07) is 14.9. The Bertz CT molecular complexity index is 895. The summed E-state index contributed by atoms with van der Waals surface area (Å²) in [5, 5.41) is 6.41. The van der Waals surface area contributed by atoms with E-state index in [0.29, 0.717) is 27.9 Å². The van der Waals surface area contributed by atoms with Crippen molar-refractivity contribution in [3.05, 3.63) is 71.5 Å². The van der Waals surface area contributed by atoms with Crippen molar-refractivity contribution in [3.63, 3.8) is 0 Å². The van der Waals surface area contributed by atoms with Crippen molar-refractivity contribution in [2.75, 3.05) is 29.6 Å². The minimum absolute atomic E-state index is 0.271. The van der Waals surface area contributed by atoms with E-state index in [1.54, 1.807) is 6.07 Å². The van der Waals surface area contributed by atoms with Crippen LogP contribution in [0.2, 0.25) is 5.02 Å². The van der Waals surface area contributed by atoms with Crippen molar-refractivity contribution >= 4 is 40.5 Å². The first-order valence-corrected chi connectivity index (χ1v) is 8.33. The third-order valence-corrected chi connectivity index (χ3v) is 4.01. The third kappa shape index (κ3) is 4.29. The molecule has 3 rings (SSSR count). The summed E-state index contributed by atoms with van der Waals surface area (Å²) in [5.41, 5.74) is 2.83. The second-order valence-electron chi connectivity index (χ2n) is 5.80. The molecule has 26 heavy (non-hydrogen) atoms. The number of nitrogens with one attached hydrogen (secondary N) is 2. The Hall–Kier alpha value is -3.12. The fraction of sp³-hybridized carbons (Fsp3) is 0.105. The number of halogens is 1. The van der Waals surface area contributed by atoms with Gasteiger partial charge in [-0.1, -0.05) is 23.7 Å². The van der Waals surface area contributed by atoms with Crippen molar-refractivity contribution in [1.82, 2.24) is 9.97 Å². The summed E-state index contributed by atoms with van der Waals surface area (Å²) >= 11 is 6.09. The predicted molar refractivity (Wildman–Crippen MR) is 105 cm³/mol. The number of nitrogens with zero attached hydrogens (tertiary/aromatic N) is 3. The summed E-state index contributed by atoms with van der Waals surface area (Å²) in [6.07, 6.45) is 2.94. The number of hydrogen-bond donors (Lipinski definition) is 2. The lowest BCUT2D eigenvalue weighted by Gasteiger charge is -2.13. The van der Waals surface area contributed by atoms with Crippen LogP contribution < -0.4 is 15.5 Å². The zero-order valence-corrected chi connectivity index (χ0v) is 15.2. The molecule has 132 valence electrons. The zero-order chi connectivity index (χ0) is 18.5. The van der Waals surface area contributed by atoms with Gasteiger partial charge in [-0.3, -0.25) is 4.79 Å². The van der Waals surface area contributed by atoms with E-state index in [9.17, 15) is 4.79 Å². The number of carbonyl (C=O) groups is 1.